The number of rotatable bonds is 9. The number of aliphatic carboxylic acids is 1. The molecule has 0 bridgehead atoms. The average Bonchev–Trinajstić information content (AvgIpc) is 3.16. The van der Waals surface area contributed by atoms with Gasteiger partial charge in [0.25, 0.3) is 5.91 Å². The molecule has 0 aromatic heterocycles. The molecule has 0 radical (unpaired) electrons. The topological polar surface area (TPSA) is 91.2 Å². The van der Waals surface area contributed by atoms with Gasteiger partial charge in [0, 0.05) is 37.2 Å². The van der Waals surface area contributed by atoms with E-state index in [2.05, 4.69) is 10.4 Å². The Morgan fingerprint density at radius 2 is 1.86 bits per heavy atom. The number of carbonyl (C=O) groups is 2. The highest BCUT2D eigenvalue weighted by atomic mass is 16.5. The zero-order valence-electron chi connectivity index (χ0n) is 16.4. The van der Waals surface area contributed by atoms with Crippen LogP contribution < -0.4 is 15.1 Å². The van der Waals surface area contributed by atoms with Crippen molar-refractivity contribution >= 4 is 23.3 Å². The quantitative estimate of drug-likeness (QED) is 0.635. The van der Waals surface area contributed by atoms with E-state index in [-0.39, 0.29) is 12.3 Å². The van der Waals surface area contributed by atoms with Gasteiger partial charge in [-0.15, -0.1) is 0 Å². The minimum Gasteiger partial charge on any atom is -0.494 e. The van der Waals surface area contributed by atoms with Crippen molar-refractivity contribution in [2.24, 2.45) is 5.10 Å². The number of carboxylic acids is 1. The lowest BCUT2D eigenvalue weighted by Gasteiger charge is -2.14. The summed E-state index contributed by atoms with van der Waals surface area (Å²) in [7, 11) is 0. The first-order valence-electron chi connectivity index (χ1n) is 9.65. The van der Waals surface area contributed by atoms with Crippen LogP contribution in [0.25, 0.3) is 0 Å². The molecule has 0 fully saturated rings. The molecular weight excluding hydrogens is 370 g/mol. The van der Waals surface area contributed by atoms with Gasteiger partial charge >= 0.3 is 5.97 Å². The summed E-state index contributed by atoms with van der Waals surface area (Å²) in [5, 5.41) is 17.9. The number of amides is 1. The van der Waals surface area contributed by atoms with Crippen molar-refractivity contribution in [3.8, 4) is 5.75 Å². The first kappa shape index (κ1) is 20.4. The van der Waals surface area contributed by atoms with E-state index in [0.717, 1.165) is 29.9 Å². The number of benzene rings is 2. The summed E-state index contributed by atoms with van der Waals surface area (Å²) in [6.45, 7) is 3.66. The fourth-order valence-electron chi connectivity index (χ4n) is 2.95. The number of carbonyl (C=O) groups excluding carboxylic acids is 1. The van der Waals surface area contributed by atoms with Gasteiger partial charge in [0.1, 0.15) is 5.75 Å². The molecule has 1 amide bonds. The summed E-state index contributed by atoms with van der Waals surface area (Å²) in [6.07, 6.45) is 1.53. The van der Waals surface area contributed by atoms with E-state index in [0.29, 0.717) is 30.9 Å². The summed E-state index contributed by atoms with van der Waals surface area (Å²) < 4.78 is 5.50. The monoisotopic (exact) mass is 395 g/mol. The van der Waals surface area contributed by atoms with E-state index in [1.165, 1.54) is 0 Å². The van der Waals surface area contributed by atoms with Crippen molar-refractivity contribution in [2.45, 2.75) is 32.7 Å². The van der Waals surface area contributed by atoms with Gasteiger partial charge in [-0.05, 0) is 55.3 Å². The summed E-state index contributed by atoms with van der Waals surface area (Å²) in [5.41, 5.74) is 3.66. The molecule has 0 atom stereocenters. The van der Waals surface area contributed by atoms with Crippen molar-refractivity contribution in [3.05, 3.63) is 59.7 Å². The lowest BCUT2D eigenvalue weighted by Crippen LogP contribution is -2.22. The molecule has 29 heavy (non-hydrogen) atoms. The number of carboxylic acid groups (broad SMARTS) is 1. The Balaban J connectivity index is 1.45. The van der Waals surface area contributed by atoms with Crippen molar-refractivity contribution in [1.29, 1.82) is 0 Å². The molecule has 2 aromatic carbocycles. The highest BCUT2D eigenvalue weighted by Crippen LogP contribution is 2.20. The number of hydrazone groups is 1. The Kier molecular flexibility index (Phi) is 6.84. The Morgan fingerprint density at radius 1 is 1.14 bits per heavy atom. The van der Waals surface area contributed by atoms with Crippen LogP contribution in [0.5, 0.6) is 5.75 Å². The Morgan fingerprint density at radius 3 is 2.48 bits per heavy atom. The van der Waals surface area contributed by atoms with Crippen molar-refractivity contribution in [3.63, 3.8) is 0 Å². The number of ether oxygens (including phenoxy) is 1. The predicted octanol–water partition coefficient (Wildman–Crippen LogP) is 3.45. The van der Waals surface area contributed by atoms with Crippen LogP contribution in [-0.2, 0) is 11.3 Å². The fourth-order valence-corrected chi connectivity index (χ4v) is 2.95. The standard InChI is InChI=1S/C22H25N3O4/c1-16-12-13-25(24-16)19-8-6-18(7-9-19)22(28)23-15-17-4-10-20(11-5-17)29-14-2-3-21(26)27/h4-11H,2-3,12-15H2,1H3,(H,23,28)(H,26,27). The van der Waals surface area contributed by atoms with Crippen molar-refractivity contribution in [2.75, 3.05) is 18.2 Å². The van der Waals surface area contributed by atoms with E-state index in [1.807, 2.05) is 60.5 Å². The third kappa shape index (κ3) is 6.07. The lowest BCUT2D eigenvalue weighted by molar-refractivity contribution is -0.137. The second-order valence-corrected chi connectivity index (χ2v) is 6.93. The van der Waals surface area contributed by atoms with Gasteiger partial charge in [-0.3, -0.25) is 14.6 Å². The summed E-state index contributed by atoms with van der Waals surface area (Å²) >= 11 is 0. The van der Waals surface area contributed by atoms with E-state index in [9.17, 15) is 9.59 Å². The highest BCUT2D eigenvalue weighted by molar-refractivity contribution is 5.94. The Hall–Kier alpha value is -3.35. The maximum Gasteiger partial charge on any atom is 0.303 e. The molecule has 0 spiro atoms. The second kappa shape index (κ2) is 9.73. The van der Waals surface area contributed by atoms with Crippen LogP contribution in [0.4, 0.5) is 5.69 Å². The average molecular weight is 395 g/mol. The number of nitrogens with zero attached hydrogens (tertiary/aromatic N) is 2. The van der Waals surface area contributed by atoms with Crippen molar-refractivity contribution in [1.82, 2.24) is 5.32 Å². The van der Waals surface area contributed by atoms with Gasteiger partial charge < -0.3 is 15.2 Å². The number of hydrogen-bond acceptors (Lipinski definition) is 5. The molecule has 0 unspecified atom stereocenters. The van der Waals surface area contributed by atoms with E-state index in [1.54, 1.807) is 0 Å². The Labute approximate surface area is 170 Å². The molecular formula is C22H25N3O4. The van der Waals surface area contributed by atoms with Gasteiger partial charge in [-0.1, -0.05) is 12.1 Å². The van der Waals surface area contributed by atoms with E-state index >= 15 is 0 Å². The summed E-state index contributed by atoms with van der Waals surface area (Å²) in [5.74, 6) is -0.276. The molecule has 0 saturated carbocycles. The second-order valence-electron chi connectivity index (χ2n) is 6.93. The molecule has 2 N–H and O–H groups in total. The smallest absolute Gasteiger partial charge is 0.303 e. The fraction of sp³-hybridized carbons (Fsp3) is 0.318. The maximum atomic E-state index is 12.4. The van der Waals surface area contributed by atoms with Gasteiger partial charge in [0.2, 0.25) is 0 Å². The number of hydrogen-bond donors (Lipinski definition) is 2. The van der Waals surface area contributed by atoms with Crippen molar-refractivity contribution < 1.29 is 19.4 Å². The predicted molar refractivity (Wildman–Crippen MR) is 111 cm³/mol. The Bertz CT molecular complexity index is 876. The molecule has 1 aliphatic heterocycles. The molecule has 0 saturated heterocycles. The lowest BCUT2D eigenvalue weighted by atomic mass is 10.1. The van der Waals surface area contributed by atoms with Crippen LogP contribution in [-0.4, -0.2) is 35.8 Å². The first-order chi connectivity index (χ1) is 14.0. The summed E-state index contributed by atoms with van der Waals surface area (Å²) in [4.78, 5) is 22.9. The maximum absolute atomic E-state index is 12.4. The van der Waals surface area contributed by atoms with Gasteiger partial charge in [-0.25, -0.2) is 0 Å². The molecule has 1 heterocycles. The van der Waals surface area contributed by atoms with Crippen LogP contribution in [0.2, 0.25) is 0 Å². The first-order valence-corrected chi connectivity index (χ1v) is 9.65. The SMILES string of the molecule is CC1=NN(c2ccc(C(=O)NCc3ccc(OCCCC(=O)O)cc3)cc2)CC1. The number of nitrogens with one attached hydrogen (secondary N) is 1. The zero-order chi connectivity index (χ0) is 20.6. The van der Waals surface area contributed by atoms with E-state index < -0.39 is 5.97 Å². The molecule has 7 nitrogen and oxygen atoms in total. The van der Waals surface area contributed by atoms with Crippen LogP contribution in [0.3, 0.4) is 0 Å². The van der Waals surface area contributed by atoms with Gasteiger partial charge in [0.05, 0.1) is 12.3 Å². The van der Waals surface area contributed by atoms with Gasteiger partial charge in [0.15, 0.2) is 0 Å². The minimum atomic E-state index is -0.825. The third-order valence-corrected chi connectivity index (χ3v) is 4.58. The molecule has 7 heteroatoms. The van der Waals surface area contributed by atoms with Crippen LogP contribution in [0.1, 0.15) is 42.1 Å². The van der Waals surface area contributed by atoms with Gasteiger partial charge in [-0.2, -0.15) is 5.10 Å². The van der Waals surface area contributed by atoms with E-state index in [4.69, 9.17) is 9.84 Å². The normalized spacial score (nSPS) is 13.1. The zero-order valence-corrected chi connectivity index (χ0v) is 16.4. The van der Waals surface area contributed by atoms with Crippen LogP contribution in [0.15, 0.2) is 53.6 Å². The molecule has 3 rings (SSSR count). The molecule has 2 aromatic rings. The largest absolute Gasteiger partial charge is 0.494 e. The molecule has 0 aliphatic carbocycles. The minimum absolute atomic E-state index is 0.0932. The van der Waals surface area contributed by atoms with Crippen LogP contribution >= 0.6 is 0 Å². The summed E-state index contributed by atoms with van der Waals surface area (Å²) in [6, 6.07) is 14.8. The molecule has 1 aliphatic rings. The highest BCUT2D eigenvalue weighted by Gasteiger charge is 2.13. The third-order valence-electron chi connectivity index (χ3n) is 4.58. The number of anilines is 1. The van der Waals surface area contributed by atoms with Crippen LogP contribution in [0, 0.1) is 0 Å². The molecule has 152 valence electrons.